The summed E-state index contributed by atoms with van der Waals surface area (Å²) >= 11 is 0. The molecule has 1 unspecified atom stereocenters. The van der Waals surface area contributed by atoms with Crippen molar-refractivity contribution in [2.24, 2.45) is 5.92 Å². The molecule has 4 aromatic rings. The predicted octanol–water partition coefficient (Wildman–Crippen LogP) is 5.14. The van der Waals surface area contributed by atoms with Gasteiger partial charge in [-0.3, -0.25) is 4.98 Å². The van der Waals surface area contributed by atoms with E-state index in [9.17, 15) is 4.79 Å². The molecule has 1 aliphatic carbocycles. The Morgan fingerprint density at radius 3 is 2.88 bits per heavy atom. The van der Waals surface area contributed by atoms with Crippen LogP contribution < -0.4 is 4.74 Å². The molecule has 0 fully saturated rings. The van der Waals surface area contributed by atoms with Gasteiger partial charge in [-0.25, -0.2) is 9.78 Å². The Hall–Kier alpha value is -3.93. The number of fused-ring (bicyclic) bond motifs is 1. The van der Waals surface area contributed by atoms with E-state index < -0.39 is 5.97 Å². The molecule has 2 aromatic heterocycles. The van der Waals surface area contributed by atoms with Gasteiger partial charge < -0.3 is 14.3 Å². The molecule has 0 saturated heterocycles. The molecule has 6 heteroatoms. The predicted molar refractivity (Wildman–Crippen MR) is 128 cm³/mol. The smallest absolute Gasteiger partial charge is 0.341 e. The molecule has 1 aliphatic rings. The third kappa shape index (κ3) is 5.01. The van der Waals surface area contributed by atoms with Gasteiger partial charge in [0.2, 0.25) is 0 Å². The van der Waals surface area contributed by atoms with Crippen molar-refractivity contribution in [3.63, 3.8) is 0 Å². The van der Waals surface area contributed by atoms with E-state index in [0.29, 0.717) is 24.0 Å². The maximum Gasteiger partial charge on any atom is 0.341 e. The number of carboxylic acids is 1. The van der Waals surface area contributed by atoms with E-state index in [-0.39, 0.29) is 6.61 Å². The SMILES string of the molecule is O=C(O)COc1cccc2c1CCC(Cc1coc(Cc3ccccc3-c3cccnc3)n1)C2. The van der Waals surface area contributed by atoms with Gasteiger partial charge in [-0.1, -0.05) is 42.5 Å². The fraction of sp³-hybridized carbons (Fsp3) is 0.250. The Labute approximate surface area is 198 Å². The Kier molecular flexibility index (Phi) is 6.38. The van der Waals surface area contributed by atoms with Crippen molar-refractivity contribution in [1.29, 1.82) is 0 Å². The average molecular weight is 455 g/mol. The van der Waals surface area contributed by atoms with Crippen LogP contribution in [0.2, 0.25) is 0 Å². The van der Waals surface area contributed by atoms with Crippen molar-refractivity contribution < 1.29 is 19.1 Å². The number of ether oxygens (including phenoxy) is 1. The Balaban J connectivity index is 1.25. The highest BCUT2D eigenvalue weighted by molar-refractivity contribution is 5.68. The van der Waals surface area contributed by atoms with Crippen LogP contribution in [0, 0.1) is 5.92 Å². The molecule has 172 valence electrons. The van der Waals surface area contributed by atoms with Crippen LogP contribution in [0.5, 0.6) is 5.75 Å². The van der Waals surface area contributed by atoms with Crippen molar-refractivity contribution in [3.05, 3.63) is 102 Å². The molecule has 5 rings (SSSR count). The van der Waals surface area contributed by atoms with Gasteiger partial charge in [-0.15, -0.1) is 0 Å². The van der Waals surface area contributed by atoms with Gasteiger partial charge in [-0.2, -0.15) is 0 Å². The van der Waals surface area contributed by atoms with Gasteiger partial charge in [0.05, 0.1) is 5.69 Å². The van der Waals surface area contributed by atoms with E-state index in [1.54, 1.807) is 12.5 Å². The molecule has 2 heterocycles. The Morgan fingerprint density at radius 1 is 1.12 bits per heavy atom. The molecule has 0 bridgehead atoms. The first-order chi connectivity index (χ1) is 16.7. The first-order valence-electron chi connectivity index (χ1n) is 11.5. The summed E-state index contributed by atoms with van der Waals surface area (Å²) in [5.41, 5.74) is 6.71. The molecule has 0 aliphatic heterocycles. The number of aromatic nitrogens is 2. The van der Waals surface area contributed by atoms with E-state index in [4.69, 9.17) is 19.2 Å². The van der Waals surface area contributed by atoms with Crippen LogP contribution in [0.1, 0.15) is 34.7 Å². The highest BCUT2D eigenvalue weighted by atomic mass is 16.5. The zero-order chi connectivity index (χ0) is 23.3. The molecule has 6 nitrogen and oxygen atoms in total. The van der Waals surface area contributed by atoms with Crippen LogP contribution >= 0.6 is 0 Å². The first-order valence-corrected chi connectivity index (χ1v) is 11.5. The monoisotopic (exact) mass is 454 g/mol. The number of carboxylic acid groups (broad SMARTS) is 1. The summed E-state index contributed by atoms with van der Waals surface area (Å²) in [5.74, 6) is 0.903. The topological polar surface area (TPSA) is 85.5 Å². The summed E-state index contributed by atoms with van der Waals surface area (Å²) < 4.78 is 11.3. The van der Waals surface area contributed by atoms with Gasteiger partial charge >= 0.3 is 5.97 Å². The maximum absolute atomic E-state index is 10.9. The number of hydrogen-bond donors (Lipinski definition) is 1. The van der Waals surface area contributed by atoms with Gasteiger partial charge in [0.1, 0.15) is 12.0 Å². The first kappa shape index (κ1) is 21.9. The zero-order valence-electron chi connectivity index (χ0n) is 18.8. The van der Waals surface area contributed by atoms with Gasteiger partial charge in [0.25, 0.3) is 0 Å². The summed E-state index contributed by atoms with van der Waals surface area (Å²) in [6.07, 6.45) is 9.72. The van der Waals surface area contributed by atoms with E-state index >= 15 is 0 Å². The van der Waals surface area contributed by atoms with Crippen LogP contribution in [0.3, 0.4) is 0 Å². The fourth-order valence-electron chi connectivity index (χ4n) is 4.76. The number of carbonyl (C=O) groups is 1. The van der Waals surface area contributed by atoms with Crippen LogP contribution in [0.4, 0.5) is 0 Å². The lowest BCUT2D eigenvalue weighted by Crippen LogP contribution is -2.18. The third-order valence-corrected chi connectivity index (χ3v) is 6.32. The Morgan fingerprint density at radius 2 is 2.03 bits per heavy atom. The molecule has 1 N–H and O–H groups in total. The minimum Gasteiger partial charge on any atom is -0.482 e. The standard InChI is InChI=1S/C28H26N2O4/c31-28(32)18-33-26-9-3-6-20-13-19(10-11-25(20)26)14-23-17-34-27(30-23)15-21-5-1-2-8-24(21)22-7-4-12-29-16-22/h1-9,12,16-17,19H,10-11,13-15,18H2,(H,31,32). The second-order valence-corrected chi connectivity index (χ2v) is 8.70. The van der Waals surface area contributed by atoms with Crippen LogP contribution in [0.25, 0.3) is 11.1 Å². The van der Waals surface area contributed by atoms with E-state index in [0.717, 1.165) is 53.6 Å². The van der Waals surface area contributed by atoms with Gasteiger partial charge in [0.15, 0.2) is 12.5 Å². The highest BCUT2D eigenvalue weighted by Crippen LogP contribution is 2.34. The highest BCUT2D eigenvalue weighted by Gasteiger charge is 2.23. The summed E-state index contributed by atoms with van der Waals surface area (Å²) in [5, 5.41) is 8.91. The third-order valence-electron chi connectivity index (χ3n) is 6.32. The van der Waals surface area contributed by atoms with Crippen molar-refractivity contribution >= 4 is 5.97 Å². The number of hydrogen-bond acceptors (Lipinski definition) is 5. The van der Waals surface area contributed by atoms with E-state index in [2.05, 4.69) is 29.2 Å². The summed E-state index contributed by atoms with van der Waals surface area (Å²) in [7, 11) is 0. The lowest BCUT2D eigenvalue weighted by atomic mass is 9.81. The number of pyridine rings is 1. The molecule has 34 heavy (non-hydrogen) atoms. The van der Waals surface area contributed by atoms with Crippen molar-refractivity contribution in [1.82, 2.24) is 9.97 Å². The number of nitrogens with zero attached hydrogens (tertiary/aromatic N) is 2. The number of aliphatic carboxylic acids is 1. The van der Waals surface area contributed by atoms with Crippen LogP contribution in [-0.4, -0.2) is 27.7 Å². The van der Waals surface area contributed by atoms with E-state index in [1.165, 1.54) is 5.56 Å². The average Bonchev–Trinajstić information content (AvgIpc) is 3.30. The number of benzene rings is 2. The lowest BCUT2D eigenvalue weighted by Gasteiger charge is -2.25. The normalized spacial score (nSPS) is 15.0. The molecular weight excluding hydrogens is 428 g/mol. The minimum absolute atomic E-state index is 0.314. The maximum atomic E-state index is 10.9. The summed E-state index contributed by atoms with van der Waals surface area (Å²) in [6, 6.07) is 18.2. The lowest BCUT2D eigenvalue weighted by molar-refractivity contribution is -0.139. The zero-order valence-corrected chi connectivity index (χ0v) is 18.8. The summed E-state index contributed by atoms with van der Waals surface area (Å²) in [6.45, 7) is -0.314. The minimum atomic E-state index is -0.962. The number of oxazole rings is 1. The molecule has 0 radical (unpaired) electrons. The van der Waals surface area contributed by atoms with Crippen LogP contribution in [-0.2, 0) is 30.5 Å². The molecule has 0 saturated carbocycles. The van der Waals surface area contributed by atoms with E-state index in [1.807, 2.05) is 36.5 Å². The summed E-state index contributed by atoms with van der Waals surface area (Å²) in [4.78, 5) is 19.9. The second kappa shape index (κ2) is 9.91. The molecule has 0 spiro atoms. The molecule has 0 amide bonds. The van der Waals surface area contributed by atoms with Gasteiger partial charge in [-0.05, 0) is 66.0 Å². The fourth-order valence-corrected chi connectivity index (χ4v) is 4.76. The molecule has 1 atom stereocenters. The van der Waals surface area contributed by atoms with Crippen molar-refractivity contribution in [2.45, 2.75) is 32.1 Å². The van der Waals surface area contributed by atoms with Gasteiger partial charge in [0, 0.05) is 24.4 Å². The molecular formula is C28H26N2O4. The Bertz CT molecular complexity index is 1280. The number of rotatable bonds is 8. The quantitative estimate of drug-likeness (QED) is 0.397. The van der Waals surface area contributed by atoms with Crippen LogP contribution in [0.15, 0.2) is 77.7 Å². The second-order valence-electron chi connectivity index (χ2n) is 8.70. The van der Waals surface area contributed by atoms with Crippen molar-refractivity contribution in [3.8, 4) is 16.9 Å². The largest absolute Gasteiger partial charge is 0.482 e. The van der Waals surface area contributed by atoms with Crippen molar-refractivity contribution in [2.75, 3.05) is 6.61 Å². The molecule has 2 aromatic carbocycles.